The van der Waals surface area contributed by atoms with Crippen molar-refractivity contribution < 1.29 is 14.3 Å². The van der Waals surface area contributed by atoms with Crippen LogP contribution in [0.25, 0.3) is 0 Å². The van der Waals surface area contributed by atoms with E-state index in [9.17, 15) is 4.79 Å². The number of aryl methyl sites for hydroxylation is 1. The highest BCUT2D eigenvalue weighted by atomic mass is 35.5. The first-order valence-corrected chi connectivity index (χ1v) is 9.04. The third-order valence-corrected chi connectivity index (χ3v) is 4.48. The predicted octanol–water partition coefficient (Wildman–Crippen LogP) is 3.46. The Kier molecular flexibility index (Phi) is 5.14. The molecule has 0 fully saturated rings. The quantitative estimate of drug-likeness (QED) is 0.889. The third-order valence-electron chi connectivity index (χ3n) is 4.20. The van der Waals surface area contributed by atoms with Gasteiger partial charge in [-0.05, 0) is 23.8 Å². The van der Waals surface area contributed by atoms with Crippen LogP contribution >= 0.6 is 11.6 Å². The molecule has 6 nitrogen and oxygen atoms in total. The lowest BCUT2D eigenvalue weighted by molar-refractivity contribution is 0.0941. The van der Waals surface area contributed by atoms with Crippen molar-refractivity contribution in [3.8, 4) is 11.5 Å². The fraction of sp³-hybridized carbons (Fsp3) is 0.474. The number of amides is 1. The van der Waals surface area contributed by atoms with E-state index in [-0.39, 0.29) is 11.3 Å². The van der Waals surface area contributed by atoms with Crippen LogP contribution in [0.2, 0.25) is 5.02 Å². The SMILES string of the molecule is Cn1nc(C(C)(C)C)cc1C(=O)NCc1cc(Cl)c2c(c1)OCCCO2. The van der Waals surface area contributed by atoms with E-state index in [2.05, 4.69) is 31.2 Å². The Labute approximate surface area is 158 Å². The molecule has 0 unspecified atom stereocenters. The Morgan fingerprint density at radius 2 is 2.00 bits per heavy atom. The molecule has 26 heavy (non-hydrogen) atoms. The van der Waals surface area contributed by atoms with Gasteiger partial charge in [0.1, 0.15) is 5.69 Å². The Hall–Kier alpha value is -2.21. The molecule has 0 saturated carbocycles. The molecule has 0 aliphatic carbocycles. The average molecular weight is 378 g/mol. The van der Waals surface area contributed by atoms with Gasteiger partial charge in [0.05, 0.1) is 23.9 Å². The van der Waals surface area contributed by atoms with Gasteiger partial charge in [-0.1, -0.05) is 32.4 Å². The molecule has 0 bridgehead atoms. The third kappa shape index (κ3) is 3.96. The van der Waals surface area contributed by atoms with Gasteiger partial charge >= 0.3 is 0 Å². The van der Waals surface area contributed by atoms with Crippen LogP contribution < -0.4 is 14.8 Å². The number of halogens is 1. The van der Waals surface area contributed by atoms with Gasteiger partial charge in [-0.3, -0.25) is 9.48 Å². The number of nitrogens with one attached hydrogen (secondary N) is 1. The van der Waals surface area contributed by atoms with Crippen molar-refractivity contribution in [3.05, 3.63) is 40.2 Å². The Morgan fingerprint density at radius 3 is 2.69 bits per heavy atom. The lowest BCUT2D eigenvalue weighted by Crippen LogP contribution is -2.25. The number of ether oxygens (including phenoxy) is 2. The number of rotatable bonds is 3. The second kappa shape index (κ2) is 7.19. The zero-order valence-corrected chi connectivity index (χ0v) is 16.3. The molecule has 1 N–H and O–H groups in total. The number of hydrogen-bond donors (Lipinski definition) is 1. The minimum absolute atomic E-state index is 0.113. The lowest BCUT2D eigenvalue weighted by Gasteiger charge is -2.13. The number of carbonyl (C=O) groups excluding carboxylic acids is 1. The van der Waals surface area contributed by atoms with Gasteiger partial charge in [0.25, 0.3) is 5.91 Å². The molecular formula is C19H24ClN3O3. The summed E-state index contributed by atoms with van der Waals surface area (Å²) in [4.78, 5) is 12.5. The van der Waals surface area contributed by atoms with E-state index >= 15 is 0 Å². The summed E-state index contributed by atoms with van der Waals surface area (Å²) in [5, 5.41) is 7.84. The number of fused-ring (bicyclic) bond motifs is 1. The van der Waals surface area contributed by atoms with Gasteiger partial charge in [-0.15, -0.1) is 0 Å². The van der Waals surface area contributed by atoms with Crippen LogP contribution in [0.4, 0.5) is 0 Å². The highest BCUT2D eigenvalue weighted by molar-refractivity contribution is 6.32. The van der Waals surface area contributed by atoms with Crippen LogP contribution in [0.5, 0.6) is 11.5 Å². The molecule has 140 valence electrons. The summed E-state index contributed by atoms with van der Waals surface area (Å²) in [6.45, 7) is 7.71. The molecular weight excluding hydrogens is 354 g/mol. The molecule has 1 aliphatic rings. The van der Waals surface area contributed by atoms with E-state index in [1.807, 2.05) is 12.1 Å². The van der Waals surface area contributed by atoms with Crippen molar-refractivity contribution in [1.29, 1.82) is 0 Å². The van der Waals surface area contributed by atoms with Crippen molar-refractivity contribution in [2.45, 2.75) is 39.2 Å². The lowest BCUT2D eigenvalue weighted by atomic mass is 9.92. The van der Waals surface area contributed by atoms with Crippen LogP contribution in [0, 0.1) is 0 Å². The zero-order chi connectivity index (χ0) is 18.9. The standard InChI is InChI=1S/C19H24ClN3O3/c1-19(2,3)16-10-14(23(4)22-16)18(24)21-11-12-8-13(20)17-15(9-12)25-6-5-7-26-17/h8-10H,5-7,11H2,1-4H3,(H,21,24). The van der Waals surface area contributed by atoms with Crippen LogP contribution in [-0.4, -0.2) is 28.9 Å². The molecule has 1 amide bonds. The van der Waals surface area contributed by atoms with Crippen LogP contribution in [0.1, 0.15) is 48.9 Å². The molecule has 0 spiro atoms. The Bertz CT molecular complexity index is 824. The number of nitrogens with zero attached hydrogens (tertiary/aromatic N) is 2. The van der Waals surface area contributed by atoms with Gasteiger partial charge in [-0.2, -0.15) is 5.10 Å². The number of carbonyl (C=O) groups is 1. The van der Waals surface area contributed by atoms with Crippen molar-refractivity contribution >= 4 is 17.5 Å². The first-order chi connectivity index (χ1) is 12.3. The molecule has 0 atom stereocenters. The summed E-state index contributed by atoms with van der Waals surface area (Å²) in [6.07, 6.45) is 0.813. The van der Waals surface area contributed by atoms with Crippen molar-refractivity contribution in [2.75, 3.05) is 13.2 Å². The first-order valence-electron chi connectivity index (χ1n) is 8.66. The monoisotopic (exact) mass is 377 g/mol. The average Bonchev–Trinajstić information content (AvgIpc) is 2.81. The Balaban J connectivity index is 1.73. The maximum absolute atomic E-state index is 12.5. The van der Waals surface area contributed by atoms with E-state index in [4.69, 9.17) is 21.1 Å². The van der Waals surface area contributed by atoms with Crippen LogP contribution in [-0.2, 0) is 19.0 Å². The summed E-state index contributed by atoms with van der Waals surface area (Å²) < 4.78 is 12.9. The molecule has 2 aromatic rings. The molecule has 7 heteroatoms. The molecule has 0 saturated heterocycles. The van der Waals surface area contributed by atoms with Gasteiger partial charge < -0.3 is 14.8 Å². The Morgan fingerprint density at radius 1 is 1.27 bits per heavy atom. The smallest absolute Gasteiger partial charge is 0.269 e. The first kappa shape index (κ1) is 18.6. The van der Waals surface area contributed by atoms with Gasteiger partial charge in [0.2, 0.25) is 0 Å². The largest absolute Gasteiger partial charge is 0.489 e. The van der Waals surface area contributed by atoms with Crippen molar-refractivity contribution in [2.24, 2.45) is 7.05 Å². The minimum Gasteiger partial charge on any atom is -0.489 e. The number of hydrogen-bond acceptors (Lipinski definition) is 4. The van der Waals surface area contributed by atoms with Gasteiger partial charge in [0, 0.05) is 25.4 Å². The van der Waals surface area contributed by atoms with E-state index in [0.29, 0.717) is 42.0 Å². The highest BCUT2D eigenvalue weighted by Crippen LogP contribution is 2.38. The highest BCUT2D eigenvalue weighted by Gasteiger charge is 2.22. The fourth-order valence-corrected chi connectivity index (χ4v) is 2.99. The van der Waals surface area contributed by atoms with Gasteiger partial charge in [-0.25, -0.2) is 0 Å². The molecule has 3 rings (SSSR count). The van der Waals surface area contributed by atoms with Crippen molar-refractivity contribution in [3.63, 3.8) is 0 Å². The maximum Gasteiger partial charge on any atom is 0.269 e. The molecule has 0 radical (unpaired) electrons. The summed E-state index contributed by atoms with van der Waals surface area (Å²) in [5.74, 6) is 1.01. The number of benzene rings is 1. The normalized spacial score (nSPS) is 14.0. The second-order valence-electron chi connectivity index (χ2n) is 7.43. The molecule has 1 aromatic carbocycles. The summed E-state index contributed by atoms with van der Waals surface area (Å²) in [6, 6.07) is 5.48. The fourth-order valence-electron chi connectivity index (χ4n) is 2.71. The zero-order valence-electron chi connectivity index (χ0n) is 15.6. The second-order valence-corrected chi connectivity index (χ2v) is 7.83. The maximum atomic E-state index is 12.5. The van der Waals surface area contributed by atoms with Crippen molar-refractivity contribution in [1.82, 2.24) is 15.1 Å². The molecule has 1 aliphatic heterocycles. The van der Waals surface area contributed by atoms with Crippen LogP contribution in [0.3, 0.4) is 0 Å². The van der Waals surface area contributed by atoms with E-state index in [1.54, 1.807) is 17.8 Å². The van der Waals surface area contributed by atoms with E-state index in [1.165, 1.54) is 0 Å². The summed E-state index contributed by atoms with van der Waals surface area (Å²) >= 11 is 6.30. The molecule has 1 aromatic heterocycles. The van der Waals surface area contributed by atoms with Crippen LogP contribution in [0.15, 0.2) is 18.2 Å². The predicted molar refractivity (Wildman–Crippen MR) is 100 cm³/mol. The topological polar surface area (TPSA) is 65.4 Å². The van der Waals surface area contributed by atoms with E-state index < -0.39 is 0 Å². The number of aromatic nitrogens is 2. The van der Waals surface area contributed by atoms with E-state index in [0.717, 1.165) is 17.7 Å². The van der Waals surface area contributed by atoms with Gasteiger partial charge in [0.15, 0.2) is 11.5 Å². The molecule has 2 heterocycles. The summed E-state index contributed by atoms with van der Waals surface area (Å²) in [5.41, 5.74) is 2.14. The summed E-state index contributed by atoms with van der Waals surface area (Å²) in [7, 11) is 1.77. The minimum atomic E-state index is -0.182.